The molecule has 2 rings (SSSR count). The number of aliphatic hydroxyl groups is 2. The molecule has 1 aliphatic heterocycles. The third-order valence-electron chi connectivity index (χ3n) is 4.33. The molecule has 192 valence electrons. The van der Waals surface area contributed by atoms with E-state index in [9.17, 15) is 43.3 Å². The van der Waals surface area contributed by atoms with Gasteiger partial charge in [-0.15, -0.1) is 5.92 Å². The Labute approximate surface area is 190 Å². The van der Waals surface area contributed by atoms with Crippen molar-refractivity contribution >= 4 is 23.5 Å². The number of aromatic amines is 1. The van der Waals surface area contributed by atoms with Gasteiger partial charge in [0.05, 0.1) is 6.10 Å². The molecule has 17 nitrogen and oxygen atoms in total. The van der Waals surface area contributed by atoms with E-state index in [1.54, 1.807) is 0 Å². The Hall–Kier alpha value is -1.47. The van der Waals surface area contributed by atoms with E-state index in [4.69, 9.17) is 14.5 Å². The Morgan fingerprint density at radius 2 is 1.76 bits per heavy atom. The highest BCUT2D eigenvalue weighted by atomic mass is 31.3. The second kappa shape index (κ2) is 9.88. The van der Waals surface area contributed by atoms with Crippen LogP contribution in [0.3, 0.4) is 0 Å². The number of aliphatic hydroxyl groups excluding tert-OH is 1. The Bertz CT molecular complexity index is 1260. The first-order valence-electron chi connectivity index (χ1n) is 8.96. The van der Waals surface area contributed by atoms with Gasteiger partial charge < -0.3 is 34.5 Å². The molecule has 7 N–H and O–H groups in total. The lowest BCUT2D eigenvalue weighted by atomic mass is 9.92. The number of nitrogens with one attached hydrogen (secondary N) is 1. The average molecular weight is 550 g/mol. The summed E-state index contributed by atoms with van der Waals surface area (Å²) in [6.07, 6.45) is -7.27. The molecule has 1 fully saturated rings. The third-order valence-corrected chi connectivity index (χ3v) is 8.26. The fourth-order valence-corrected chi connectivity index (χ4v) is 6.37. The van der Waals surface area contributed by atoms with Gasteiger partial charge in [0.1, 0.15) is 12.2 Å². The molecule has 20 heteroatoms. The van der Waals surface area contributed by atoms with Gasteiger partial charge in [-0.25, -0.2) is 18.5 Å². The fourth-order valence-electron chi connectivity index (χ4n) is 3.17. The molecule has 0 saturated carbocycles. The van der Waals surface area contributed by atoms with Crippen molar-refractivity contribution in [1.82, 2.24) is 9.55 Å². The van der Waals surface area contributed by atoms with Crippen LogP contribution in [0.4, 0.5) is 0 Å². The zero-order chi connectivity index (χ0) is 26.3. The quantitative estimate of drug-likeness (QED) is 0.145. The largest absolute Gasteiger partial charge is 0.490 e. The van der Waals surface area contributed by atoms with Crippen LogP contribution >= 0.6 is 23.5 Å². The molecule has 0 aromatic carbocycles. The first-order valence-corrected chi connectivity index (χ1v) is 13.5. The Morgan fingerprint density at radius 3 is 2.26 bits per heavy atom. The van der Waals surface area contributed by atoms with Crippen LogP contribution in [-0.4, -0.2) is 63.3 Å². The second-order valence-corrected chi connectivity index (χ2v) is 11.3. The molecular weight excluding hydrogens is 529 g/mol. The molecule has 0 amide bonds. The third kappa shape index (κ3) is 6.60. The molecule has 2 heterocycles. The number of nitrogens with zero attached hydrogens (tertiary/aromatic N) is 1. The summed E-state index contributed by atoms with van der Waals surface area (Å²) in [4.78, 5) is 61.9. The van der Waals surface area contributed by atoms with E-state index in [1.165, 1.54) is 13.8 Å². The molecule has 1 aliphatic rings. The zero-order valence-corrected chi connectivity index (χ0v) is 20.2. The van der Waals surface area contributed by atoms with Gasteiger partial charge in [-0.1, -0.05) is 5.92 Å². The Morgan fingerprint density at radius 1 is 1.18 bits per heavy atom. The van der Waals surface area contributed by atoms with Gasteiger partial charge in [-0.05, 0) is 20.8 Å². The minimum atomic E-state index is -5.81. The van der Waals surface area contributed by atoms with Gasteiger partial charge in [-0.2, -0.15) is 8.62 Å². The average Bonchev–Trinajstić information content (AvgIpc) is 2.83. The summed E-state index contributed by atoms with van der Waals surface area (Å²) in [5.41, 5.74) is -4.33. The number of H-pyrrole nitrogens is 1. The lowest BCUT2D eigenvalue weighted by Gasteiger charge is -2.28. The van der Waals surface area contributed by atoms with Crippen molar-refractivity contribution in [2.24, 2.45) is 0 Å². The molecule has 7 atom stereocenters. The van der Waals surface area contributed by atoms with Gasteiger partial charge in [0.25, 0.3) is 5.56 Å². The van der Waals surface area contributed by atoms with Crippen LogP contribution < -0.4 is 11.2 Å². The van der Waals surface area contributed by atoms with Crippen molar-refractivity contribution in [3.63, 3.8) is 0 Å². The number of aryl methyl sites for hydroxylation is 1. The maximum atomic E-state index is 12.3. The van der Waals surface area contributed by atoms with Gasteiger partial charge in [0.2, 0.25) is 0 Å². The van der Waals surface area contributed by atoms with Crippen molar-refractivity contribution in [2.75, 3.05) is 0 Å². The van der Waals surface area contributed by atoms with Crippen LogP contribution in [-0.2, 0) is 31.6 Å². The number of hydrogen-bond acceptors (Lipinski definition) is 11. The van der Waals surface area contributed by atoms with Crippen LogP contribution in [0.25, 0.3) is 0 Å². The van der Waals surface area contributed by atoms with Gasteiger partial charge in [0, 0.05) is 11.8 Å². The number of phosphoric acid groups is 3. The number of phosphoric ester groups is 1. The van der Waals surface area contributed by atoms with E-state index in [2.05, 4.69) is 25.0 Å². The standard InChI is InChI=1S/C14H21N2O15P3/c1-4-5-14(20)11(18)10(28-12(14)16-7(2)6-9(17)15-13(16)19)8(3)29-33(24,25)31-34(26,27)30-32(21,22)23/h6,8,10-12,18,20H,1-3H3,(H,24,25)(H,26,27)(H,15,17,19)(H2,21,22,23)/t8-,10-,11+,12-,14?/m1/s1. The van der Waals surface area contributed by atoms with Gasteiger partial charge >= 0.3 is 29.2 Å². The Kier molecular flexibility index (Phi) is 8.36. The zero-order valence-electron chi connectivity index (χ0n) is 17.5. The summed E-state index contributed by atoms with van der Waals surface area (Å²) in [5, 5.41) is 21.7. The van der Waals surface area contributed by atoms with E-state index in [-0.39, 0.29) is 5.69 Å². The van der Waals surface area contributed by atoms with Crippen molar-refractivity contribution < 1.29 is 61.4 Å². The van der Waals surface area contributed by atoms with Crippen molar-refractivity contribution in [2.45, 2.75) is 50.9 Å². The van der Waals surface area contributed by atoms with E-state index in [0.717, 1.165) is 17.6 Å². The first-order chi connectivity index (χ1) is 15.3. The number of rotatable bonds is 8. The molecule has 1 aromatic heterocycles. The fraction of sp³-hybridized carbons (Fsp3) is 0.571. The van der Waals surface area contributed by atoms with Crippen LogP contribution in [0.1, 0.15) is 25.8 Å². The van der Waals surface area contributed by atoms with Crippen LogP contribution in [0.5, 0.6) is 0 Å². The first kappa shape index (κ1) is 28.8. The summed E-state index contributed by atoms with van der Waals surface area (Å²) in [6, 6.07) is 0.986. The maximum Gasteiger partial charge on any atom is 0.490 e. The van der Waals surface area contributed by atoms with Crippen LogP contribution in [0, 0.1) is 18.8 Å². The van der Waals surface area contributed by atoms with Crippen molar-refractivity contribution in [1.29, 1.82) is 0 Å². The van der Waals surface area contributed by atoms with E-state index in [1.807, 2.05) is 4.98 Å². The minimum Gasteiger partial charge on any atom is -0.386 e. The number of ether oxygens (including phenoxy) is 1. The Balaban J connectivity index is 2.37. The van der Waals surface area contributed by atoms with Crippen molar-refractivity contribution in [3.8, 4) is 11.8 Å². The van der Waals surface area contributed by atoms with Crippen molar-refractivity contribution in [3.05, 3.63) is 32.6 Å². The molecule has 0 radical (unpaired) electrons. The molecule has 1 saturated heterocycles. The summed E-state index contributed by atoms with van der Waals surface area (Å²) in [7, 11) is -17.0. The predicted molar refractivity (Wildman–Crippen MR) is 109 cm³/mol. The molecule has 0 spiro atoms. The predicted octanol–water partition coefficient (Wildman–Crippen LogP) is -1.41. The molecule has 0 aliphatic carbocycles. The van der Waals surface area contributed by atoms with Gasteiger partial charge in [0.15, 0.2) is 11.8 Å². The molecule has 0 bridgehead atoms. The molecular formula is C14H21N2O15P3. The minimum absolute atomic E-state index is 0.0107. The maximum absolute atomic E-state index is 12.3. The topological polar surface area (TPSA) is 264 Å². The summed E-state index contributed by atoms with van der Waals surface area (Å²) >= 11 is 0. The van der Waals surface area contributed by atoms with Crippen LogP contribution in [0.15, 0.2) is 15.7 Å². The SMILES string of the molecule is CC#CC1(O)[C@@H](O)[C@@H]([C@@H](C)OP(=O)(O)OP(=O)(O)OP(=O)(O)O)O[C@H]1n1c(C)cc(=O)[nH]c1=O. The van der Waals surface area contributed by atoms with E-state index < -0.39 is 64.9 Å². The number of hydrogen-bond donors (Lipinski definition) is 7. The summed E-state index contributed by atoms with van der Waals surface area (Å²) < 4.78 is 52.4. The molecule has 1 aromatic rings. The molecule has 3 unspecified atom stereocenters. The molecule has 34 heavy (non-hydrogen) atoms. The normalized spacial score (nSPS) is 29.5. The highest BCUT2D eigenvalue weighted by molar-refractivity contribution is 7.66. The highest BCUT2D eigenvalue weighted by Crippen LogP contribution is 2.66. The lowest BCUT2D eigenvalue weighted by Crippen LogP contribution is -2.49. The highest BCUT2D eigenvalue weighted by Gasteiger charge is 2.58. The number of aromatic nitrogens is 2. The lowest BCUT2D eigenvalue weighted by molar-refractivity contribution is -0.0878. The van der Waals surface area contributed by atoms with Gasteiger partial charge in [-0.3, -0.25) is 18.9 Å². The van der Waals surface area contributed by atoms with E-state index in [0.29, 0.717) is 0 Å². The van der Waals surface area contributed by atoms with Crippen LogP contribution in [0.2, 0.25) is 0 Å². The smallest absolute Gasteiger partial charge is 0.386 e. The summed E-state index contributed by atoms with van der Waals surface area (Å²) in [5.74, 6) is 4.60. The summed E-state index contributed by atoms with van der Waals surface area (Å²) in [6.45, 7) is 3.60. The second-order valence-electron chi connectivity index (χ2n) is 6.95. The van der Waals surface area contributed by atoms with E-state index >= 15 is 0 Å². The monoisotopic (exact) mass is 550 g/mol.